The highest BCUT2D eigenvalue weighted by Crippen LogP contribution is 2.53. The fourth-order valence-electron chi connectivity index (χ4n) is 6.36. The molecule has 3 aromatic carbocycles. The second-order valence-corrected chi connectivity index (χ2v) is 18.0. The van der Waals surface area contributed by atoms with Crippen LogP contribution in [0.5, 0.6) is 5.75 Å². The van der Waals surface area contributed by atoms with Gasteiger partial charge in [-0.3, -0.25) is 4.57 Å². The normalized spacial score (nSPS) is 14.7. The molecule has 50 heavy (non-hydrogen) atoms. The van der Waals surface area contributed by atoms with Crippen molar-refractivity contribution in [2.75, 3.05) is 6.61 Å². The van der Waals surface area contributed by atoms with E-state index in [0.29, 0.717) is 36.5 Å². The third kappa shape index (κ3) is 11.7. The Bertz CT molecular complexity index is 1670. The molecular weight excluding hydrogens is 709 g/mol. The molecule has 12 heteroatoms. The standard InChI is InChI=1S/C38H50ClNO7PSSi/c1-26(38(36(3,4)5,40-35(41)47-37(6,7)8)27(2)34(25-46-50)48(42,43)44)14-12-17-29-20-21-32(23-33(29)39)49-31-19-13-18-30(22-31)45-24-28-15-10-9-11-16-28/h9-11,13,15-16,18-23,26H,12,14,17,24-25H2,1-8H3,(H,40,41)(H2,42,43,44). The van der Waals surface area contributed by atoms with Gasteiger partial charge in [0, 0.05) is 14.8 Å². The summed E-state index contributed by atoms with van der Waals surface area (Å²) >= 11 is 8.41. The van der Waals surface area contributed by atoms with Crippen molar-refractivity contribution < 1.29 is 33.0 Å². The average Bonchev–Trinajstić information content (AvgIpc) is 3.01. The Kier molecular flexibility index (Phi) is 14.9. The summed E-state index contributed by atoms with van der Waals surface area (Å²) in [5.41, 5.74) is -0.254. The van der Waals surface area contributed by atoms with Gasteiger partial charge in [0.1, 0.15) is 18.0 Å². The van der Waals surface area contributed by atoms with Gasteiger partial charge >= 0.3 is 13.7 Å². The SMILES string of the molecule is CC(=C(CO[Si])P(=O)(O)O)C(NC(=O)OC(C)(C)C)(C(C)CCCc1ccc(Sc2cccc(OCc3ccccc3)c2)cc1Cl)C(C)(C)C. The maximum atomic E-state index is 13.4. The zero-order valence-corrected chi connectivity index (χ0v) is 33.7. The molecule has 0 bridgehead atoms. The summed E-state index contributed by atoms with van der Waals surface area (Å²) in [5.74, 6) is 0.511. The van der Waals surface area contributed by atoms with E-state index in [2.05, 4.69) is 21.9 Å². The van der Waals surface area contributed by atoms with Crippen molar-refractivity contribution in [1.82, 2.24) is 5.32 Å². The first kappa shape index (κ1) is 41.9. The van der Waals surface area contributed by atoms with Gasteiger partial charge in [0.25, 0.3) is 0 Å². The number of halogens is 1. The Balaban J connectivity index is 1.80. The lowest BCUT2D eigenvalue weighted by Gasteiger charge is -2.51. The van der Waals surface area contributed by atoms with Crippen LogP contribution in [0.15, 0.2) is 93.5 Å². The Morgan fingerprint density at radius 2 is 1.64 bits per heavy atom. The first-order valence-electron chi connectivity index (χ1n) is 16.6. The summed E-state index contributed by atoms with van der Waals surface area (Å²) in [6, 6.07) is 24.1. The molecule has 0 fully saturated rings. The maximum Gasteiger partial charge on any atom is 0.408 e. The van der Waals surface area contributed by atoms with Gasteiger partial charge in [0.2, 0.25) is 10.5 Å². The zero-order chi connectivity index (χ0) is 37.3. The highest BCUT2D eigenvalue weighted by atomic mass is 35.5. The largest absolute Gasteiger partial charge is 0.489 e. The smallest absolute Gasteiger partial charge is 0.408 e. The zero-order valence-electron chi connectivity index (χ0n) is 30.2. The second-order valence-electron chi connectivity index (χ2n) is 14.5. The van der Waals surface area contributed by atoms with Crippen molar-refractivity contribution in [3.8, 4) is 5.75 Å². The molecule has 1 amide bonds. The van der Waals surface area contributed by atoms with Crippen LogP contribution in [0.2, 0.25) is 5.02 Å². The van der Waals surface area contributed by atoms with Crippen LogP contribution in [-0.4, -0.2) is 44.1 Å². The van der Waals surface area contributed by atoms with Crippen LogP contribution in [0.4, 0.5) is 4.79 Å². The summed E-state index contributed by atoms with van der Waals surface area (Å²) in [4.78, 5) is 36.1. The van der Waals surface area contributed by atoms with E-state index in [0.717, 1.165) is 26.7 Å². The number of nitrogens with one attached hydrogen (secondary N) is 1. The lowest BCUT2D eigenvalue weighted by atomic mass is 9.61. The molecule has 0 aliphatic heterocycles. The molecule has 3 aromatic rings. The molecule has 0 spiro atoms. The topological polar surface area (TPSA) is 114 Å². The number of hydrogen-bond donors (Lipinski definition) is 3. The van der Waals surface area contributed by atoms with E-state index in [1.807, 2.05) is 94.4 Å². The molecule has 3 N–H and O–H groups in total. The predicted molar refractivity (Wildman–Crippen MR) is 203 cm³/mol. The average molecular weight is 759 g/mol. The molecule has 0 aliphatic rings. The molecular formula is C38H50ClNO7PSSi. The van der Waals surface area contributed by atoms with Crippen LogP contribution in [0, 0.1) is 11.3 Å². The summed E-state index contributed by atoms with van der Waals surface area (Å²) < 4.78 is 29.4. The van der Waals surface area contributed by atoms with E-state index >= 15 is 0 Å². The number of alkyl carbamates (subject to hydrolysis) is 1. The van der Waals surface area contributed by atoms with E-state index < -0.39 is 30.2 Å². The van der Waals surface area contributed by atoms with Gasteiger partial charge in [0.15, 0.2) is 0 Å². The van der Waals surface area contributed by atoms with Crippen molar-refractivity contribution in [2.45, 2.75) is 102 Å². The molecule has 0 saturated heterocycles. The molecule has 0 saturated carbocycles. The summed E-state index contributed by atoms with van der Waals surface area (Å²) in [6.45, 7) is 14.9. The lowest BCUT2D eigenvalue weighted by molar-refractivity contribution is 0.0282. The minimum atomic E-state index is -4.76. The molecule has 8 nitrogen and oxygen atoms in total. The first-order chi connectivity index (χ1) is 23.3. The third-order valence-corrected chi connectivity index (χ3v) is 11.2. The Morgan fingerprint density at radius 3 is 2.22 bits per heavy atom. The summed E-state index contributed by atoms with van der Waals surface area (Å²) in [6.07, 6.45) is 1.31. The van der Waals surface area contributed by atoms with Gasteiger partial charge in [-0.25, -0.2) is 4.79 Å². The van der Waals surface area contributed by atoms with Crippen LogP contribution in [0.3, 0.4) is 0 Å². The van der Waals surface area contributed by atoms with Crippen molar-refractivity contribution in [3.63, 3.8) is 0 Å². The molecule has 2 unspecified atom stereocenters. The number of ether oxygens (including phenoxy) is 2. The van der Waals surface area contributed by atoms with Gasteiger partial charge in [-0.05, 0) is 105 Å². The summed E-state index contributed by atoms with van der Waals surface area (Å²) in [5, 5.41) is 3.53. The quantitative estimate of drug-likeness (QED) is 0.104. The predicted octanol–water partition coefficient (Wildman–Crippen LogP) is 9.89. The van der Waals surface area contributed by atoms with Crippen LogP contribution in [0.1, 0.15) is 79.4 Å². The minimum Gasteiger partial charge on any atom is -0.489 e. The van der Waals surface area contributed by atoms with Crippen LogP contribution < -0.4 is 10.1 Å². The second kappa shape index (κ2) is 17.8. The Labute approximate surface area is 310 Å². The van der Waals surface area contributed by atoms with Crippen LogP contribution in [0.25, 0.3) is 0 Å². The molecule has 271 valence electrons. The Morgan fingerprint density at radius 1 is 0.980 bits per heavy atom. The number of rotatable bonds is 15. The number of aryl methyl sites for hydroxylation is 1. The number of benzene rings is 3. The highest BCUT2D eigenvalue weighted by molar-refractivity contribution is 7.99. The van der Waals surface area contributed by atoms with Crippen LogP contribution in [-0.2, 0) is 26.8 Å². The van der Waals surface area contributed by atoms with Crippen molar-refractivity contribution in [2.24, 2.45) is 11.3 Å². The first-order valence-corrected chi connectivity index (χ1v) is 19.8. The maximum absolute atomic E-state index is 13.4. The van der Waals surface area contributed by atoms with Crippen molar-refractivity contribution in [1.29, 1.82) is 0 Å². The summed E-state index contributed by atoms with van der Waals surface area (Å²) in [7, 11) is -1.85. The monoisotopic (exact) mass is 758 g/mol. The van der Waals surface area contributed by atoms with E-state index in [1.54, 1.807) is 39.5 Å². The molecule has 2 atom stereocenters. The number of hydrogen-bond acceptors (Lipinski definition) is 6. The molecule has 3 rings (SSSR count). The molecule has 0 aliphatic carbocycles. The number of carbonyl (C=O) groups is 1. The third-order valence-electron chi connectivity index (χ3n) is 8.60. The van der Waals surface area contributed by atoms with E-state index in [-0.39, 0.29) is 17.8 Å². The van der Waals surface area contributed by atoms with E-state index in [9.17, 15) is 19.1 Å². The number of carbonyl (C=O) groups excluding carboxylic acids is 1. The fraction of sp³-hybridized carbons (Fsp3) is 0.447. The fourth-order valence-corrected chi connectivity index (χ4v) is 8.72. The minimum absolute atomic E-state index is 0.199. The van der Waals surface area contributed by atoms with Crippen molar-refractivity contribution >= 4 is 47.5 Å². The molecule has 0 heterocycles. The van der Waals surface area contributed by atoms with Gasteiger partial charge in [0.05, 0.1) is 17.5 Å². The lowest BCUT2D eigenvalue weighted by Crippen LogP contribution is -2.63. The highest BCUT2D eigenvalue weighted by Gasteiger charge is 2.51. The van der Waals surface area contributed by atoms with E-state index in [4.69, 9.17) is 25.5 Å². The number of amides is 1. The van der Waals surface area contributed by atoms with Gasteiger partial charge in [-0.2, -0.15) is 0 Å². The van der Waals surface area contributed by atoms with Crippen molar-refractivity contribution in [3.05, 3.63) is 99.8 Å². The van der Waals surface area contributed by atoms with Crippen LogP contribution >= 0.6 is 31.0 Å². The van der Waals surface area contributed by atoms with Gasteiger partial charge < -0.3 is 29.0 Å². The Hall–Kier alpha value is -2.56. The van der Waals surface area contributed by atoms with Gasteiger partial charge in [-0.15, -0.1) is 0 Å². The molecule has 3 radical (unpaired) electrons. The van der Waals surface area contributed by atoms with Gasteiger partial charge in [-0.1, -0.05) is 93.5 Å². The van der Waals surface area contributed by atoms with E-state index in [1.165, 1.54) is 0 Å². The molecule has 0 aromatic heterocycles.